The summed E-state index contributed by atoms with van der Waals surface area (Å²) in [5.74, 6) is 1.48. The fourth-order valence-electron chi connectivity index (χ4n) is 2.98. The Morgan fingerprint density at radius 3 is 2.76 bits per heavy atom. The fourth-order valence-corrected chi connectivity index (χ4v) is 4.79. The molecule has 1 aromatic rings. The summed E-state index contributed by atoms with van der Waals surface area (Å²) in [6, 6.07) is 6.30. The average molecular weight is 309 g/mol. The van der Waals surface area contributed by atoms with E-state index in [1.807, 2.05) is 6.07 Å². The Labute approximate surface area is 126 Å². The molecule has 4 nitrogen and oxygen atoms in total. The van der Waals surface area contributed by atoms with Gasteiger partial charge in [0.2, 0.25) is 0 Å². The van der Waals surface area contributed by atoms with Gasteiger partial charge in [-0.2, -0.15) is 0 Å². The molecule has 1 saturated heterocycles. The Kier molecular flexibility index (Phi) is 3.97. The summed E-state index contributed by atoms with van der Waals surface area (Å²) < 4.78 is 29.0. The number of benzene rings is 1. The topological polar surface area (TPSA) is 55.4 Å². The van der Waals surface area contributed by atoms with E-state index in [0.717, 1.165) is 25.3 Å². The van der Waals surface area contributed by atoms with Crippen molar-refractivity contribution in [2.75, 3.05) is 24.7 Å². The van der Waals surface area contributed by atoms with E-state index in [1.165, 1.54) is 11.1 Å². The number of nitrogens with one attached hydrogen (secondary N) is 1. The summed E-state index contributed by atoms with van der Waals surface area (Å²) in [7, 11) is -2.81. The van der Waals surface area contributed by atoms with E-state index in [4.69, 9.17) is 4.74 Å². The molecule has 5 heteroatoms. The first-order chi connectivity index (χ1) is 9.96. The molecule has 2 aliphatic rings. The number of rotatable bonds is 3. The maximum atomic E-state index is 11.5. The van der Waals surface area contributed by atoms with E-state index in [2.05, 4.69) is 24.4 Å². The SMILES string of the molecule is CC1(COc2ccc3c(c2)CNCC3)CCS(=O)(=O)CC1. The minimum absolute atomic E-state index is 0.0283. The number of sulfone groups is 1. The van der Waals surface area contributed by atoms with Gasteiger partial charge in [-0.3, -0.25) is 0 Å². The van der Waals surface area contributed by atoms with Crippen LogP contribution in [0.5, 0.6) is 5.75 Å². The van der Waals surface area contributed by atoms with Crippen LogP contribution in [0.3, 0.4) is 0 Å². The van der Waals surface area contributed by atoms with Crippen molar-refractivity contribution < 1.29 is 13.2 Å². The van der Waals surface area contributed by atoms with Gasteiger partial charge in [0.1, 0.15) is 15.6 Å². The van der Waals surface area contributed by atoms with Gasteiger partial charge in [0, 0.05) is 12.0 Å². The maximum absolute atomic E-state index is 11.5. The lowest BCUT2D eigenvalue weighted by Crippen LogP contribution is -2.35. The molecule has 116 valence electrons. The lowest BCUT2D eigenvalue weighted by atomic mass is 9.85. The molecule has 0 amide bonds. The number of ether oxygens (including phenoxy) is 1. The summed E-state index contributed by atoms with van der Waals surface area (Å²) in [5, 5.41) is 3.37. The van der Waals surface area contributed by atoms with Crippen LogP contribution in [0.2, 0.25) is 0 Å². The Hall–Kier alpha value is -1.07. The van der Waals surface area contributed by atoms with E-state index in [0.29, 0.717) is 31.0 Å². The third kappa shape index (κ3) is 3.58. The van der Waals surface area contributed by atoms with Gasteiger partial charge in [-0.25, -0.2) is 8.42 Å². The lowest BCUT2D eigenvalue weighted by molar-refractivity contribution is 0.149. The largest absolute Gasteiger partial charge is 0.493 e. The van der Waals surface area contributed by atoms with Crippen LogP contribution in [0, 0.1) is 5.41 Å². The highest BCUT2D eigenvalue weighted by Gasteiger charge is 2.34. The van der Waals surface area contributed by atoms with Crippen molar-refractivity contribution in [3.8, 4) is 5.75 Å². The summed E-state index contributed by atoms with van der Waals surface area (Å²) in [6.45, 7) is 4.66. The highest BCUT2D eigenvalue weighted by Crippen LogP contribution is 2.33. The van der Waals surface area contributed by atoms with Crippen LogP contribution in [0.4, 0.5) is 0 Å². The molecule has 1 N–H and O–H groups in total. The van der Waals surface area contributed by atoms with Crippen molar-refractivity contribution in [2.24, 2.45) is 5.41 Å². The van der Waals surface area contributed by atoms with E-state index in [9.17, 15) is 8.42 Å². The fraction of sp³-hybridized carbons (Fsp3) is 0.625. The molecule has 21 heavy (non-hydrogen) atoms. The van der Waals surface area contributed by atoms with Crippen molar-refractivity contribution in [3.63, 3.8) is 0 Å². The van der Waals surface area contributed by atoms with E-state index >= 15 is 0 Å². The Morgan fingerprint density at radius 1 is 1.24 bits per heavy atom. The van der Waals surface area contributed by atoms with Crippen LogP contribution in [0.1, 0.15) is 30.9 Å². The Bertz CT molecular complexity index is 610. The van der Waals surface area contributed by atoms with Crippen molar-refractivity contribution in [2.45, 2.75) is 32.7 Å². The summed E-state index contributed by atoms with van der Waals surface area (Å²) >= 11 is 0. The van der Waals surface area contributed by atoms with Crippen molar-refractivity contribution >= 4 is 9.84 Å². The zero-order valence-electron chi connectivity index (χ0n) is 12.5. The molecule has 0 aliphatic carbocycles. The predicted octanol–water partition coefficient (Wildman–Crippen LogP) is 1.93. The van der Waals surface area contributed by atoms with Gasteiger partial charge in [0.25, 0.3) is 0 Å². The molecule has 3 rings (SSSR count). The van der Waals surface area contributed by atoms with Crippen LogP contribution in [0.15, 0.2) is 18.2 Å². The first-order valence-corrected chi connectivity index (χ1v) is 9.44. The predicted molar refractivity (Wildman–Crippen MR) is 83.3 cm³/mol. The zero-order chi connectivity index (χ0) is 14.9. The third-order valence-corrected chi connectivity index (χ3v) is 6.34. The van der Waals surface area contributed by atoms with Gasteiger partial charge >= 0.3 is 0 Å². The lowest BCUT2D eigenvalue weighted by Gasteiger charge is -2.33. The molecule has 0 radical (unpaired) electrons. The molecule has 0 saturated carbocycles. The molecular weight excluding hydrogens is 286 g/mol. The molecule has 0 bridgehead atoms. The van der Waals surface area contributed by atoms with E-state index in [-0.39, 0.29) is 5.41 Å². The number of hydrogen-bond acceptors (Lipinski definition) is 4. The number of fused-ring (bicyclic) bond motifs is 1. The monoisotopic (exact) mass is 309 g/mol. The molecule has 0 aromatic heterocycles. The van der Waals surface area contributed by atoms with Crippen LogP contribution < -0.4 is 10.1 Å². The summed E-state index contributed by atoms with van der Waals surface area (Å²) in [5.41, 5.74) is 2.69. The van der Waals surface area contributed by atoms with Gasteiger partial charge < -0.3 is 10.1 Å². The molecule has 0 unspecified atom stereocenters. The van der Waals surface area contributed by atoms with Crippen LogP contribution in [-0.4, -0.2) is 33.1 Å². The molecule has 2 aliphatic heterocycles. The quantitative estimate of drug-likeness (QED) is 0.927. The normalized spacial score (nSPS) is 23.3. The van der Waals surface area contributed by atoms with Crippen LogP contribution in [-0.2, 0) is 22.8 Å². The Morgan fingerprint density at radius 2 is 2.00 bits per heavy atom. The van der Waals surface area contributed by atoms with E-state index in [1.54, 1.807) is 0 Å². The van der Waals surface area contributed by atoms with Crippen molar-refractivity contribution in [3.05, 3.63) is 29.3 Å². The van der Waals surface area contributed by atoms with Gasteiger partial charge in [-0.05, 0) is 49.1 Å². The second kappa shape index (κ2) is 5.61. The summed E-state index contributed by atoms with van der Waals surface area (Å²) in [6.07, 6.45) is 2.47. The molecule has 1 fully saturated rings. The molecule has 2 heterocycles. The van der Waals surface area contributed by atoms with Crippen molar-refractivity contribution in [1.82, 2.24) is 5.32 Å². The van der Waals surface area contributed by atoms with Crippen molar-refractivity contribution in [1.29, 1.82) is 0 Å². The molecule has 0 spiro atoms. The molecule has 1 aromatic carbocycles. The smallest absolute Gasteiger partial charge is 0.150 e. The summed E-state index contributed by atoms with van der Waals surface area (Å²) in [4.78, 5) is 0. The van der Waals surface area contributed by atoms with Crippen LogP contribution >= 0.6 is 0 Å². The first-order valence-electron chi connectivity index (χ1n) is 7.62. The molecule has 0 atom stereocenters. The van der Waals surface area contributed by atoms with Gasteiger partial charge in [0.05, 0.1) is 18.1 Å². The van der Waals surface area contributed by atoms with Crippen LogP contribution in [0.25, 0.3) is 0 Å². The Balaban J connectivity index is 1.62. The maximum Gasteiger partial charge on any atom is 0.150 e. The highest BCUT2D eigenvalue weighted by atomic mass is 32.2. The first kappa shape index (κ1) is 14.9. The minimum atomic E-state index is -2.81. The second-order valence-corrected chi connectivity index (χ2v) is 8.91. The van der Waals surface area contributed by atoms with Gasteiger partial charge in [0.15, 0.2) is 0 Å². The standard InChI is InChI=1S/C16H23NO3S/c1-16(5-8-21(18,19)9-6-16)12-20-15-3-2-13-4-7-17-11-14(13)10-15/h2-3,10,17H,4-9,11-12H2,1H3. The number of hydrogen-bond donors (Lipinski definition) is 1. The third-order valence-electron chi connectivity index (χ3n) is 4.68. The van der Waals surface area contributed by atoms with Gasteiger partial charge in [-0.1, -0.05) is 13.0 Å². The van der Waals surface area contributed by atoms with E-state index < -0.39 is 9.84 Å². The molecular formula is C16H23NO3S. The average Bonchev–Trinajstić information content (AvgIpc) is 2.49. The van der Waals surface area contributed by atoms with Gasteiger partial charge in [-0.15, -0.1) is 0 Å². The second-order valence-electron chi connectivity index (χ2n) is 6.61. The highest BCUT2D eigenvalue weighted by molar-refractivity contribution is 7.91. The minimum Gasteiger partial charge on any atom is -0.493 e. The zero-order valence-corrected chi connectivity index (χ0v) is 13.3.